The molecule has 0 saturated heterocycles. The smallest absolute Gasteiger partial charge is 0.115 e. The molecule has 2 aromatic rings. The molecule has 0 nitrogen and oxygen atoms in total. The zero-order valence-electron chi connectivity index (χ0n) is 11.5. The summed E-state index contributed by atoms with van der Waals surface area (Å²) in [6.07, 6.45) is 4.99. The zero-order chi connectivity index (χ0) is 13.5. The summed E-state index contributed by atoms with van der Waals surface area (Å²) in [4.78, 5) is 0. The van der Waals surface area contributed by atoms with E-state index in [-0.39, 0.29) is 0 Å². The van der Waals surface area contributed by atoms with Gasteiger partial charge in [0.1, 0.15) is 6.67 Å². The minimum Gasteiger partial charge on any atom is -0.246 e. The van der Waals surface area contributed by atoms with Gasteiger partial charge in [0, 0.05) is 0 Å². The third-order valence-corrected chi connectivity index (χ3v) is 3.46. The van der Waals surface area contributed by atoms with Crippen LogP contribution in [-0.2, 0) is 13.1 Å². The highest BCUT2D eigenvalue weighted by Gasteiger charge is 1.99. The molecule has 0 heterocycles. The van der Waals surface area contributed by atoms with Crippen LogP contribution in [0.5, 0.6) is 0 Å². The van der Waals surface area contributed by atoms with Crippen LogP contribution in [0.15, 0.2) is 48.5 Å². The summed E-state index contributed by atoms with van der Waals surface area (Å²) in [6, 6.07) is 16.4. The number of benzene rings is 2. The molecule has 0 radical (unpaired) electrons. The lowest BCUT2D eigenvalue weighted by atomic mass is 10.0. The second-order valence-corrected chi connectivity index (χ2v) is 4.98. The second kappa shape index (κ2) is 7.08. The Morgan fingerprint density at radius 2 is 1.26 bits per heavy atom. The molecule has 0 spiro atoms. The fourth-order valence-electron chi connectivity index (χ4n) is 2.23. The van der Waals surface area contributed by atoms with Gasteiger partial charge in [-0.15, -0.1) is 0 Å². The molecule has 1 heteroatoms. The van der Waals surface area contributed by atoms with Crippen molar-refractivity contribution in [2.75, 3.05) is 0 Å². The summed E-state index contributed by atoms with van der Waals surface area (Å²) in [6.45, 7) is 1.83. The van der Waals surface area contributed by atoms with Crippen LogP contribution in [0.1, 0.15) is 37.3 Å². The SMILES string of the molecule is CCCCCc1ccc(-c2ccc(CF)cc2)cc1. The number of rotatable bonds is 6. The van der Waals surface area contributed by atoms with Crippen molar-refractivity contribution in [1.82, 2.24) is 0 Å². The first-order valence-corrected chi connectivity index (χ1v) is 7.07. The highest BCUT2D eigenvalue weighted by molar-refractivity contribution is 5.63. The zero-order valence-corrected chi connectivity index (χ0v) is 11.5. The van der Waals surface area contributed by atoms with E-state index in [9.17, 15) is 4.39 Å². The first-order valence-electron chi connectivity index (χ1n) is 7.07. The van der Waals surface area contributed by atoms with Crippen LogP contribution >= 0.6 is 0 Å². The van der Waals surface area contributed by atoms with Crippen LogP contribution in [-0.4, -0.2) is 0 Å². The van der Waals surface area contributed by atoms with Gasteiger partial charge < -0.3 is 0 Å². The predicted octanol–water partition coefficient (Wildman–Crippen LogP) is 5.56. The largest absolute Gasteiger partial charge is 0.246 e. The minimum absolute atomic E-state index is 0.392. The van der Waals surface area contributed by atoms with Gasteiger partial charge in [-0.05, 0) is 35.1 Å². The van der Waals surface area contributed by atoms with Gasteiger partial charge in [0.25, 0.3) is 0 Å². The molecule has 0 unspecified atom stereocenters. The van der Waals surface area contributed by atoms with E-state index in [2.05, 4.69) is 31.2 Å². The number of halogens is 1. The van der Waals surface area contributed by atoms with E-state index in [0.717, 1.165) is 17.5 Å². The first-order chi connectivity index (χ1) is 9.33. The van der Waals surface area contributed by atoms with Crippen LogP contribution in [0.2, 0.25) is 0 Å². The second-order valence-electron chi connectivity index (χ2n) is 4.98. The highest BCUT2D eigenvalue weighted by atomic mass is 19.1. The van der Waals surface area contributed by atoms with Crippen molar-refractivity contribution < 1.29 is 4.39 Å². The number of unbranched alkanes of at least 4 members (excludes halogenated alkanes) is 2. The molecule has 2 aromatic carbocycles. The molecule has 0 aliphatic heterocycles. The summed E-state index contributed by atoms with van der Waals surface area (Å²) >= 11 is 0. The molecule has 0 aliphatic carbocycles. The van der Waals surface area contributed by atoms with Gasteiger partial charge in [0.05, 0.1) is 0 Å². The minimum atomic E-state index is -0.392. The fourth-order valence-corrected chi connectivity index (χ4v) is 2.23. The molecule has 0 atom stereocenters. The Bertz CT molecular complexity index is 482. The summed E-state index contributed by atoms with van der Waals surface area (Å²) in [7, 11) is 0. The number of hydrogen-bond acceptors (Lipinski definition) is 0. The Balaban J connectivity index is 2.04. The molecule has 0 amide bonds. The molecule has 100 valence electrons. The molecule has 0 saturated carbocycles. The van der Waals surface area contributed by atoms with Crippen molar-refractivity contribution in [3.63, 3.8) is 0 Å². The van der Waals surface area contributed by atoms with Gasteiger partial charge in [-0.2, -0.15) is 0 Å². The maximum atomic E-state index is 12.5. The van der Waals surface area contributed by atoms with Crippen molar-refractivity contribution in [1.29, 1.82) is 0 Å². The van der Waals surface area contributed by atoms with E-state index in [1.165, 1.54) is 30.4 Å². The standard InChI is InChI=1S/C18H21F/c1-2-3-4-5-15-6-10-17(11-7-15)18-12-8-16(14-19)9-13-18/h6-13H,2-5,14H2,1H3. The molecule has 0 N–H and O–H groups in total. The summed E-state index contributed by atoms with van der Waals surface area (Å²) in [5, 5.41) is 0. The van der Waals surface area contributed by atoms with E-state index in [1.54, 1.807) is 0 Å². The van der Waals surface area contributed by atoms with Gasteiger partial charge >= 0.3 is 0 Å². The van der Waals surface area contributed by atoms with Crippen LogP contribution in [0.3, 0.4) is 0 Å². The van der Waals surface area contributed by atoms with Gasteiger partial charge in [-0.25, -0.2) is 4.39 Å². The molecule has 19 heavy (non-hydrogen) atoms. The molecular formula is C18H21F. The highest BCUT2D eigenvalue weighted by Crippen LogP contribution is 2.21. The lowest BCUT2D eigenvalue weighted by molar-refractivity contribution is 0.485. The topological polar surface area (TPSA) is 0 Å². The number of aryl methyl sites for hydroxylation is 1. The van der Waals surface area contributed by atoms with E-state index >= 15 is 0 Å². The Labute approximate surface area is 115 Å². The monoisotopic (exact) mass is 256 g/mol. The normalized spacial score (nSPS) is 10.6. The Kier molecular flexibility index (Phi) is 5.14. The lowest BCUT2D eigenvalue weighted by Gasteiger charge is -2.05. The maximum absolute atomic E-state index is 12.5. The number of alkyl halides is 1. The number of hydrogen-bond donors (Lipinski definition) is 0. The van der Waals surface area contributed by atoms with Crippen LogP contribution in [0, 0.1) is 0 Å². The molecule has 0 bridgehead atoms. The molecule has 0 aliphatic rings. The molecular weight excluding hydrogens is 235 g/mol. The van der Waals surface area contributed by atoms with Gasteiger partial charge in [0.15, 0.2) is 0 Å². The van der Waals surface area contributed by atoms with Crippen LogP contribution in [0.25, 0.3) is 11.1 Å². The lowest BCUT2D eigenvalue weighted by Crippen LogP contribution is -1.86. The quantitative estimate of drug-likeness (QED) is 0.594. The van der Waals surface area contributed by atoms with Gasteiger partial charge in [-0.3, -0.25) is 0 Å². The van der Waals surface area contributed by atoms with Crippen molar-refractivity contribution in [3.8, 4) is 11.1 Å². The fraction of sp³-hybridized carbons (Fsp3) is 0.333. The third-order valence-electron chi connectivity index (χ3n) is 3.46. The van der Waals surface area contributed by atoms with E-state index in [4.69, 9.17) is 0 Å². The Hall–Kier alpha value is -1.63. The average molecular weight is 256 g/mol. The summed E-state index contributed by atoms with van der Waals surface area (Å²) < 4.78 is 12.5. The van der Waals surface area contributed by atoms with Crippen molar-refractivity contribution in [3.05, 3.63) is 59.7 Å². The Morgan fingerprint density at radius 3 is 1.74 bits per heavy atom. The third kappa shape index (κ3) is 3.92. The first kappa shape index (κ1) is 13.8. The summed E-state index contributed by atoms with van der Waals surface area (Å²) in [5.41, 5.74) is 4.49. The molecule has 0 aromatic heterocycles. The average Bonchev–Trinajstić information content (AvgIpc) is 2.48. The van der Waals surface area contributed by atoms with Crippen LogP contribution < -0.4 is 0 Å². The van der Waals surface area contributed by atoms with Gasteiger partial charge in [0.2, 0.25) is 0 Å². The van der Waals surface area contributed by atoms with E-state index in [1.807, 2.05) is 24.3 Å². The van der Waals surface area contributed by atoms with Crippen molar-refractivity contribution in [2.45, 2.75) is 39.3 Å². The molecule has 2 rings (SSSR count). The Morgan fingerprint density at radius 1 is 0.737 bits per heavy atom. The molecule has 0 fully saturated rings. The van der Waals surface area contributed by atoms with Crippen molar-refractivity contribution >= 4 is 0 Å². The predicted molar refractivity (Wildman–Crippen MR) is 79.9 cm³/mol. The summed E-state index contributed by atoms with van der Waals surface area (Å²) in [5.74, 6) is 0. The maximum Gasteiger partial charge on any atom is 0.115 e. The van der Waals surface area contributed by atoms with Gasteiger partial charge in [-0.1, -0.05) is 68.3 Å². The van der Waals surface area contributed by atoms with E-state index in [0.29, 0.717) is 0 Å². The van der Waals surface area contributed by atoms with Crippen molar-refractivity contribution in [2.24, 2.45) is 0 Å². The van der Waals surface area contributed by atoms with E-state index < -0.39 is 6.67 Å². The van der Waals surface area contributed by atoms with Crippen LogP contribution in [0.4, 0.5) is 4.39 Å².